The Labute approximate surface area is 155 Å². The SMILES string of the molecule is S=c1nc(CSCCCSc2ccc(-c3ccccc3)cc2)[nH][nH]1. The second kappa shape index (κ2) is 9.11. The summed E-state index contributed by atoms with van der Waals surface area (Å²) in [5.74, 6) is 4.06. The molecule has 0 aliphatic carbocycles. The van der Waals surface area contributed by atoms with Crippen LogP contribution in [0.5, 0.6) is 0 Å². The first kappa shape index (κ1) is 17.3. The van der Waals surface area contributed by atoms with E-state index >= 15 is 0 Å². The number of H-pyrrole nitrogens is 2. The Morgan fingerprint density at radius 1 is 0.875 bits per heavy atom. The third-order valence-corrected chi connectivity index (χ3v) is 5.80. The molecule has 124 valence electrons. The molecule has 2 N–H and O–H groups in total. The first-order chi connectivity index (χ1) is 11.8. The molecule has 1 heterocycles. The van der Waals surface area contributed by atoms with Crippen molar-refractivity contribution in [2.45, 2.75) is 17.1 Å². The van der Waals surface area contributed by atoms with E-state index in [9.17, 15) is 0 Å². The molecule has 0 aliphatic rings. The molecule has 0 fully saturated rings. The molecule has 0 amide bonds. The zero-order valence-electron chi connectivity index (χ0n) is 13.2. The monoisotopic (exact) mass is 373 g/mol. The second-order valence-corrected chi connectivity index (χ2v) is 7.92. The first-order valence-electron chi connectivity index (χ1n) is 7.81. The maximum absolute atomic E-state index is 4.94. The fraction of sp³-hybridized carbons (Fsp3) is 0.222. The van der Waals surface area contributed by atoms with Crippen molar-refractivity contribution in [2.24, 2.45) is 0 Å². The summed E-state index contributed by atoms with van der Waals surface area (Å²) in [5.41, 5.74) is 2.54. The zero-order valence-corrected chi connectivity index (χ0v) is 15.6. The molecule has 0 aliphatic heterocycles. The number of nitrogens with zero attached hydrogens (tertiary/aromatic N) is 1. The largest absolute Gasteiger partial charge is 0.285 e. The Hall–Kier alpha value is -1.50. The van der Waals surface area contributed by atoms with Crippen LogP contribution < -0.4 is 0 Å². The molecule has 0 saturated heterocycles. The van der Waals surface area contributed by atoms with Gasteiger partial charge in [0.2, 0.25) is 4.77 Å². The minimum Gasteiger partial charge on any atom is -0.285 e. The van der Waals surface area contributed by atoms with Crippen LogP contribution in [0.1, 0.15) is 12.2 Å². The summed E-state index contributed by atoms with van der Waals surface area (Å²) in [6.45, 7) is 0. The van der Waals surface area contributed by atoms with Crippen molar-refractivity contribution in [3.05, 3.63) is 65.2 Å². The highest BCUT2D eigenvalue weighted by molar-refractivity contribution is 7.99. The van der Waals surface area contributed by atoms with Gasteiger partial charge in [0.15, 0.2) is 0 Å². The summed E-state index contributed by atoms with van der Waals surface area (Å²) in [7, 11) is 0. The molecule has 0 bridgehead atoms. The van der Waals surface area contributed by atoms with Gasteiger partial charge in [-0.3, -0.25) is 10.2 Å². The summed E-state index contributed by atoms with van der Waals surface area (Å²) < 4.78 is 0.528. The van der Waals surface area contributed by atoms with Gasteiger partial charge in [0.25, 0.3) is 0 Å². The molecule has 3 nitrogen and oxygen atoms in total. The van der Waals surface area contributed by atoms with Crippen molar-refractivity contribution >= 4 is 35.7 Å². The standard InChI is InChI=1S/C18H19N3S3/c22-18-19-17(20-21-18)13-23-11-4-12-24-16-9-7-15(8-10-16)14-5-2-1-3-6-14/h1-3,5-10H,4,11-13H2,(H2,19,20,21,22). The fourth-order valence-corrected chi connectivity index (χ4v) is 4.29. The molecule has 3 aromatic rings. The summed E-state index contributed by atoms with van der Waals surface area (Å²) in [4.78, 5) is 5.52. The molecule has 3 rings (SSSR count). The highest BCUT2D eigenvalue weighted by Crippen LogP contribution is 2.25. The van der Waals surface area contributed by atoms with Crippen LogP contribution >= 0.6 is 35.7 Å². The van der Waals surface area contributed by atoms with Gasteiger partial charge in [0.1, 0.15) is 5.82 Å². The molecule has 0 saturated carbocycles. The van der Waals surface area contributed by atoms with Crippen LogP contribution in [-0.2, 0) is 5.75 Å². The minimum atomic E-state index is 0.528. The van der Waals surface area contributed by atoms with Crippen molar-refractivity contribution in [1.82, 2.24) is 15.2 Å². The summed E-state index contributed by atoms with van der Waals surface area (Å²) in [6.07, 6.45) is 1.18. The van der Waals surface area contributed by atoms with Gasteiger partial charge in [-0.2, -0.15) is 11.8 Å². The lowest BCUT2D eigenvalue weighted by molar-refractivity contribution is 1.02. The van der Waals surface area contributed by atoms with E-state index in [2.05, 4.69) is 63.7 Å². The Bertz CT molecular complexity index is 794. The third-order valence-electron chi connectivity index (χ3n) is 3.45. The van der Waals surface area contributed by atoms with Gasteiger partial charge >= 0.3 is 0 Å². The van der Waals surface area contributed by atoms with Crippen molar-refractivity contribution in [2.75, 3.05) is 11.5 Å². The van der Waals surface area contributed by atoms with Gasteiger partial charge in [0, 0.05) is 4.90 Å². The van der Waals surface area contributed by atoms with Crippen molar-refractivity contribution in [1.29, 1.82) is 0 Å². The number of rotatable bonds is 8. The lowest BCUT2D eigenvalue weighted by Gasteiger charge is -2.04. The van der Waals surface area contributed by atoms with Crippen molar-refractivity contribution < 1.29 is 0 Å². The van der Waals surface area contributed by atoms with Crippen molar-refractivity contribution in [3.8, 4) is 11.1 Å². The minimum absolute atomic E-state index is 0.528. The van der Waals surface area contributed by atoms with Crippen LogP contribution in [0, 0.1) is 4.77 Å². The molecule has 6 heteroatoms. The molecular weight excluding hydrogens is 354 g/mol. The molecule has 0 atom stereocenters. The molecule has 2 aromatic carbocycles. The van der Waals surface area contributed by atoms with E-state index in [0.717, 1.165) is 23.1 Å². The number of hydrogen-bond donors (Lipinski definition) is 2. The van der Waals surface area contributed by atoms with Gasteiger partial charge < -0.3 is 0 Å². The zero-order chi connectivity index (χ0) is 16.6. The maximum atomic E-state index is 4.94. The predicted octanol–water partition coefficient (Wildman–Crippen LogP) is 5.55. The average molecular weight is 374 g/mol. The maximum Gasteiger partial charge on any atom is 0.213 e. The summed E-state index contributed by atoms with van der Waals surface area (Å²) in [5, 5.41) is 5.79. The number of nitrogens with one attached hydrogen (secondary N) is 2. The molecule has 24 heavy (non-hydrogen) atoms. The number of aromatic amines is 2. The summed E-state index contributed by atoms with van der Waals surface area (Å²) in [6, 6.07) is 19.3. The van der Waals surface area contributed by atoms with Crippen LogP contribution in [0.25, 0.3) is 11.1 Å². The van der Waals surface area contributed by atoms with Gasteiger partial charge in [-0.1, -0.05) is 42.5 Å². The predicted molar refractivity (Wildman–Crippen MR) is 107 cm³/mol. The van der Waals surface area contributed by atoms with Crippen LogP contribution in [0.3, 0.4) is 0 Å². The normalized spacial score (nSPS) is 10.8. The van der Waals surface area contributed by atoms with Gasteiger partial charge in [0.05, 0.1) is 5.75 Å². The number of benzene rings is 2. The van der Waals surface area contributed by atoms with E-state index in [1.54, 1.807) is 0 Å². The molecule has 0 unspecified atom stereocenters. The lowest BCUT2D eigenvalue weighted by Crippen LogP contribution is -1.88. The first-order valence-corrected chi connectivity index (χ1v) is 10.4. The number of thioether (sulfide) groups is 2. The van der Waals surface area contributed by atoms with E-state index in [-0.39, 0.29) is 0 Å². The molecule has 0 spiro atoms. The number of hydrogen-bond acceptors (Lipinski definition) is 4. The number of aromatic nitrogens is 3. The van der Waals surface area contributed by atoms with E-state index < -0.39 is 0 Å². The Kier molecular flexibility index (Phi) is 6.57. The fourth-order valence-electron chi connectivity index (χ4n) is 2.27. The van der Waals surface area contributed by atoms with E-state index in [0.29, 0.717) is 4.77 Å². The second-order valence-electron chi connectivity index (χ2n) is 5.26. The van der Waals surface area contributed by atoms with Gasteiger partial charge in [-0.25, -0.2) is 4.98 Å². The Morgan fingerprint density at radius 2 is 1.62 bits per heavy atom. The lowest BCUT2D eigenvalue weighted by atomic mass is 10.1. The third kappa shape index (κ3) is 5.26. The topological polar surface area (TPSA) is 44.5 Å². The molecule has 0 radical (unpaired) electrons. The molecule has 1 aromatic heterocycles. The van der Waals surface area contributed by atoms with Gasteiger partial charge in [-0.15, -0.1) is 11.8 Å². The average Bonchev–Trinajstić information content (AvgIpc) is 3.04. The van der Waals surface area contributed by atoms with Gasteiger partial charge in [-0.05, 0) is 53.4 Å². The summed E-state index contributed by atoms with van der Waals surface area (Å²) >= 11 is 8.73. The Morgan fingerprint density at radius 3 is 2.33 bits per heavy atom. The van der Waals surface area contributed by atoms with E-state index in [1.165, 1.54) is 22.4 Å². The van der Waals surface area contributed by atoms with Crippen LogP contribution in [-0.4, -0.2) is 26.7 Å². The highest BCUT2D eigenvalue weighted by atomic mass is 32.2. The Balaban J connectivity index is 1.37. The van der Waals surface area contributed by atoms with Crippen LogP contribution in [0.15, 0.2) is 59.5 Å². The molecular formula is C18H19N3S3. The van der Waals surface area contributed by atoms with E-state index in [1.807, 2.05) is 29.6 Å². The van der Waals surface area contributed by atoms with Crippen LogP contribution in [0.2, 0.25) is 0 Å². The quantitative estimate of drug-likeness (QED) is 0.309. The van der Waals surface area contributed by atoms with E-state index in [4.69, 9.17) is 12.2 Å². The highest BCUT2D eigenvalue weighted by Gasteiger charge is 2.00. The smallest absolute Gasteiger partial charge is 0.213 e. The van der Waals surface area contributed by atoms with Crippen LogP contribution in [0.4, 0.5) is 0 Å². The van der Waals surface area contributed by atoms with Crippen molar-refractivity contribution in [3.63, 3.8) is 0 Å².